The highest BCUT2D eigenvalue weighted by Gasteiger charge is 2.46. The minimum atomic E-state index is -0.0258. The summed E-state index contributed by atoms with van der Waals surface area (Å²) in [7, 11) is 0. The fourth-order valence-corrected chi connectivity index (χ4v) is 3.63. The van der Waals surface area contributed by atoms with Gasteiger partial charge in [0.1, 0.15) is 6.10 Å². The maximum absolute atomic E-state index is 6.10. The van der Waals surface area contributed by atoms with E-state index in [1.54, 1.807) is 0 Å². The summed E-state index contributed by atoms with van der Waals surface area (Å²) in [6.07, 6.45) is 7.47. The van der Waals surface area contributed by atoms with Crippen molar-refractivity contribution in [2.75, 3.05) is 0 Å². The van der Waals surface area contributed by atoms with E-state index in [0.29, 0.717) is 0 Å². The normalized spacial score (nSPS) is 20.7. The minimum Gasteiger partial charge on any atom is -0.497 e. The summed E-state index contributed by atoms with van der Waals surface area (Å²) in [5.41, 5.74) is 2.70. The Labute approximate surface area is 127 Å². The quantitative estimate of drug-likeness (QED) is 0.709. The molecule has 1 aliphatic rings. The van der Waals surface area contributed by atoms with Gasteiger partial charge in [0.05, 0.1) is 11.7 Å². The van der Waals surface area contributed by atoms with Crippen molar-refractivity contribution in [3.63, 3.8) is 0 Å². The van der Waals surface area contributed by atoms with Crippen molar-refractivity contribution in [2.24, 2.45) is 0 Å². The molecule has 1 nitrogen and oxygen atoms in total. The van der Waals surface area contributed by atoms with Crippen molar-refractivity contribution in [1.29, 1.82) is 0 Å². The van der Waals surface area contributed by atoms with Crippen LogP contribution in [0.1, 0.15) is 37.3 Å². The molecule has 0 aromatic heterocycles. The molecule has 0 bridgehead atoms. The number of hydrogen-bond donors (Lipinski definition) is 0. The molecule has 0 saturated heterocycles. The summed E-state index contributed by atoms with van der Waals surface area (Å²) in [6.45, 7) is 2.00. The van der Waals surface area contributed by atoms with Crippen molar-refractivity contribution in [3.05, 3.63) is 84.1 Å². The molecular weight excluding hydrogens is 256 g/mol. The van der Waals surface area contributed by atoms with Crippen LogP contribution in [-0.2, 0) is 10.2 Å². The summed E-state index contributed by atoms with van der Waals surface area (Å²) in [4.78, 5) is 0. The van der Waals surface area contributed by atoms with Crippen LogP contribution in [0.5, 0.6) is 0 Å². The Morgan fingerprint density at radius 2 is 1.52 bits per heavy atom. The molecule has 2 aromatic rings. The number of ether oxygens (including phenoxy) is 1. The monoisotopic (exact) mass is 278 g/mol. The van der Waals surface area contributed by atoms with Crippen molar-refractivity contribution in [1.82, 2.24) is 0 Å². The SMILES string of the molecule is C/C=C/O[C@@H]1CCCC1(c1ccccc1)c1ccccc1. The Hall–Kier alpha value is -2.02. The largest absolute Gasteiger partial charge is 0.497 e. The van der Waals surface area contributed by atoms with Gasteiger partial charge in [0.2, 0.25) is 0 Å². The van der Waals surface area contributed by atoms with Gasteiger partial charge in [-0.15, -0.1) is 0 Å². The van der Waals surface area contributed by atoms with E-state index >= 15 is 0 Å². The van der Waals surface area contributed by atoms with E-state index in [4.69, 9.17) is 4.74 Å². The smallest absolute Gasteiger partial charge is 0.111 e. The van der Waals surface area contributed by atoms with Gasteiger partial charge in [0, 0.05) is 0 Å². The standard InChI is InChI=1S/C20H22O/c1-2-16-21-19-14-9-15-20(19,17-10-5-3-6-11-17)18-12-7-4-8-13-18/h2-8,10-13,16,19H,9,14-15H2,1H3/b16-2+/t19-/m1/s1. The van der Waals surface area contributed by atoms with Crippen LogP contribution in [0.3, 0.4) is 0 Å². The number of benzene rings is 2. The Kier molecular flexibility index (Phi) is 4.10. The first kappa shape index (κ1) is 13.9. The summed E-state index contributed by atoms with van der Waals surface area (Å²) in [5.74, 6) is 0. The zero-order valence-electron chi connectivity index (χ0n) is 12.5. The fourth-order valence-electron chi connectivity index (χ4n) is 3.63. The Morgan fingerprint density at radius 1 is 0.952 bits per heavy atom. The van der Waals surface area contributed by atoms with Gasteiger partial charge in [-0.3, -0.25) is 0 Å². The van der Waals surface area contributed by atoms with Gasteiger partial charge in [-0.1, -0.05) is 66.7 Å². The third kappa shape index (κ3) is 2.49. The van der Waals surface area contributed by atoms with E-state index in [2.05, 4.69) is 60.7 Å². The predicted molar refractivity (Wildman–Crippen MR) is 87.2 cm³/mol. The molecule has 1 saturated carbocycles. The average Bonchev–Trinajstić information content (AvgIpc) is 2.99. The lowest BCUT2D eigenvalue weighted by molar-refractivity contribution is 0.102. The van der Waals surface area contributed by atoms with Crippen molar-refractivity contribution >= 4 is 0 Å². The number of hydrogen-bond acceptors (Lipinski definition) is 1. The molecule has 1 aliphatic carbocycles. The third-order valence-electron chi connectivity index (χ3n) is 4.54. The molecule has 1 heteroatoms. The number of allylic oxidation sites excluding steroid dienone is 1. The van der Waals surface area contributed by atoms with Crippen molar-refractivity contribution < 1.29 is 4.74 Å². The molecule has 3 rings (SSSR count). The zero-order chi connectivity index (χ0) is 14.5. The summed E-state index contributed by atoms with van der Waals surface area (Å²) in [6, 6.07) is 21.6. The van der Waals surface area contributed by atoms with E-state index in [9.17, 15) is 0 Å². The molecule has 0 N–H and O–H groups in total. The first-order chi connectivity index (χ1) is 10.4. The molecule has 1 atom stereocenters. The van der Waals surface area contributed by atoms with E-state index in [1.807, 2.05) is 19.3 Å². The van der Waals surface area contributed by atoms with Gasteiger partial charge in [0.15, 0.2) is 0 Å². The molecule has 0 spiro atoms. The maximum Gasteiger partial charge on any atom is 0.111 e. The third-order valence-corrected chi connectivity index (χ3v) is 4.54. The molecule has 0 unspecified atom stereocenters. The number of rotatable bonds is 4. The highest BCUT2D eigenvalue weighted by atomic mass is 16.5. The van der Waals surface area contributed by atoms with Gasteiger partial charge < -0.3 is 4.74 Å². The van der Waals surface area contributed by atoms with Crippen molar-refractivity contribution in [3.8, 4) is 0 Å². The van der Waals surface area contributed by atoms with E-state index < -0.39 is 0 Å². The molecular formula is C20H22O. The lowest BCUT2D eigenvalue weighted by Gasteiger charge is -2.36. The maximum atomic E-state index is 6.10. The van der Waals surface area contributed by atoms with Crippen molar-refractivity contribution in [2.45, 2.75) is 37.7 Å². The molecule has 21 heavy (non-hydrogen) atoms. The van der Waals surface area contributed by atoms with E-state index in [0.717, 1.165) is 12.8 Å². The van der Waals surface area contributed by atoms with Crippen LogP contribution in [0, 0.1) is 0 Å². The molecule has 0 heterocycles. The van der Waals surface area contributed by atoms with Crippen LogP contribution >= 0.6 is 0 Å². The lowest BCUT2D eigenvalue weighted by Crippen LogP contribution is -2.37. The first-order valence-corrected chi connectivity index (χ1v) is 7.75. The first-order valence-electron chi connectivity index (χ1n) is 7.75. The second-order valence-corrected chi connectivity index (χ2v) is 5.69. The minimum absolute atomic E-state index is 0.0258. The fraction of sp³-hybridized carbons (Fsp3) is 0.300. The summed E-state index contributed by atoms with van der Waals surface area (Å²) in [5, 5.41) is 0. The Morgan fingerprint density at radius 3 is 2.05 bits per heavy atom. The van der Waals surface area contributed by atoms with Gasteiger partial charge in [-0.05, 0) is 37.3 Å². The van der Waals surface area contributed by atoms with Crippen LogP contribution in [-0.4, -0.2) is 6.10 Å². The Bertz CT molecular complexity index is 546. The molecule has 108 valence electrons. The molecule has 2 aromatic carbocycles. The molecule has 0 aliphatic heterocycles. The second kappa shape index (κ2) is 6.17. The predicted octanol–water partition coefficient (Wildman–Crippen LogP) is 5.08. The van der Waals surface area contributed by atoms with Gasteiger partial charge in [-0.25, -0.2) is 0 Å². The summed E-state index contributed by atoms with van der Waals surface area (Å²) < 4.78 is 6.10. The lowest BCUT2D eigenvalue weighted by atomic mass is 9.71. The Balaban J connectivity index is 2.11. The average molecular weight is 278 g/mol. The summed E-state index contributed by atoms with van der Waals surface area (Å²) >= 11 is 0. The van der Waals surface area contributed by atoms with E-state index in [1.165, 1.54) is 17.5 Å². The highest BCUT2D eigenvalue weighted by molar-refractivity contribution is 5.42. The molecule has 0 amide bonds. The second-order valence-electron chi connectivity index (χ2n) is 5.69. The molecule has 1 fully saturated rings. The van der Waals surface area contributed by atoms with Crippen LogP contribution in [0.4, 0.5) is 0 Å². The van der Waals surface area contributed by atoms with E-state index in [-0.39, 0.29) is 11.5 Å². The molecule has 0 radical (unpaired) electrons. The van der Waals surface area contributed by atoms with Crippen LogP contribution in [0.15, 0.2) is 73.0 Å². The van der Waals surface area contributed by atoms with Gasteiger partial charge in [-0.2, -0.15) is 0 Å². The zero-order valence-corrected chi connectivity index (χ0v) is 12.5. The van der Waals surface area contributed by atoms with Crippen LogP contribution < -0.4 is 0 Å². The van der Waals surface area contributed by atoms with Gasteiger partial charge in [0.25, 0.3) is 0 Å². The highest BCUT2D eigenvalue weighted by Crippen LogP contribution is 2.48. The topological polar surface area (TPSA) is 9.23 Å². The van der Waals surface area contributed by atoms with Gasteiger partial charge >= 0.3 is 0 Å². The van der Waals surface area contributed by atoms with Crippen LogP contribution in [0.25, 0.3) is 0 Å². The van der Waals surface area contributed by atoms with Crippen LogP contribution in [0.2, 0.25) is 0 Å².